The van der Waals surface area contributed by atoms with Gasteiger partial charge in [0.15, 0.2) is 0 Å². The molecule has 232 valence electrons. The fourth-order valence-corrected chi connectivity index (χ4v) is 6.12. The number of nitrogens with zero attached hydrogens (tertiary/aromatic N) is 2. The second-order valence-electron chi connectivity index (χ2n) is 12.7. The van der Waals surface area contributed by atoms with E-state index in [1.165, 1.54) is 33.4 Å². The van der Waals surface area contributed by atoms with E-state index in [0.29, 0.717) is 19.7 Å². The van der Waals surface area contributed by atoms with Crippen LogP contribution in [0.2, 0.25) is 0 Å². The summed E-state index contributed by atoms with van der Waals surface area (Å²) in [6, 6.07) is 34.1. The summed E-state index contributed by atoms with van der Waals surface area (Å²) in [6.07, 6.45) is 1.65. The van der Waals surface area contributed by atoms with Gasteiger partial charge in [-0.25, -0.2) is 4.79 Å². The van der Waals surface area contributed by atoms with Gasteiger partial charge >= 0.3 is 6.09 Å². The summed E-state index contributed by atoms with van der Waals surface area (Å²) >= 11 is 0. The molecule has 0 N–H and O–H groups in total. The van der Waals surface area contributed by atoms with E-state index in [1.807, 2.05) is 51.1 Å². The predicted molar refractivity (Wildman–Crippen MR) is 181 cm³/mol. The van der Waals surface area contributed by atoms with Crippen LogP contribution in [-0.2, 0) is 17.8 Å². The Bertz CT molecular complexity index is 1650. The van der Waals surface area contributed by atoms with Gasteiger partial charge in [-0.1, -0.05) is 60.7 Å². The highest BCUT2D eigenvalue weighted by Crippen LogP contribution is 2.42. The highest BCUT2D eigenvalue weighted by atomic mass is 16.6. The van der Waals surface area contributed by atoms with Crippen LogP contribution in [0.4, 0.5) is 10.5 Å². The number of allylic oxidation sites excluding steroid dienone is 1. The van der Waals surface area contributed by atoms with Crippen LogP contribution in [-0.4, -0.2) is 49.9 Å². The second kappa shape index (κ2) is 13.1. The molecule has 6 nitrogen and oxygen atoms in total. The van der Waals surface area contributed by atoms with E-state index in [0.717, 1.165) is 48.7 Å². The molecule has 0 unspecified atom stereocenters. The number of aryl methyl sites for hydroxylation is 1. The molecule has 1 heterocycles. The standard InChI is InChI=1S/C39H42N2O4/c1-39(2,3)45-38(42)41-24-22-40(23-25-41)32-15-10-30(11-16-32)37-35(29-12-17-33(43-4)18-13-29)20-14-31-26-34(19-21-36(31)37)44-27-28-8-6-5-7-9-28/h5-13,15-19,21,26H,14,20,22-25,27H2,1-4H3. The third kappa shape index (κ3) is 7.17. The van der Waals surface area contributed by atoms with Gasteiger partial charge in [0.25, 0.3) is 0 Å². The van der Waals surface area contributed by atoms with Crippen molar-refractivity contribution in [3.05, 3.63) is 125 Å². The molecule has 0 saturated carbocycles. The van der Waals surface area contributed by atoms with E-state index < -0.39 is 5.60 Å². The molecule has 4 aromatic carbocycles. The van der Waals surface area contributed by atoms with Gasteiger partial charge in [-0.05, 0) is 109 Å². The number of hydrogen-bond acceptors (Lipinski definition) is 5. The number of rotatable bonds is 7. The molecule has 1 saturated heterocycles. The number of carbonyl (C=O) groups is 1. The van der Waals surface area contributed by atoms with Crippen molar-refractivity contribution in [1.82, 2.24) is 4.90 Å². The Labute approximate surface area is 266 Å². The first-order chi connectivity index (χ1) is 21.8. The summed E-state index contributed by atoms with van der Waals surface area (Å²) in [4.78, 5) is 16.7. The Morgan fingerprint density at radius 3 is 2.09 bits per heavy atom. The third-order valence-corrected chi connectivity index (χ3v) is 8.43. The fourth-order valence-electron chi connectivity index (χ4n) is 6.12. The number of amides is 1. The molecule has 6 heteroatoms. The van der Waals surface area contributed by atoms with Crippen molar-refractivity contribution in [3.63, 3.8) is 0 Å². The summed E-state index contributed by atoms with van der Waals surface area (Å²) in [5.41, 5.74) is 9.38. The van der Waals surface area contributed by atoms with Crippen molar-refractivity contribution in [2.75, 3.05) is 38.2 Å². The van der Waals surface area contributed by atoms with E-state index in [2.05, 4.69) is 71.6 Å². The van der Waals surface area contributed by atoms with Crippen LogP contribution in [0.1, 0.15) is 55.0 Å². The molecule has 1 amide bonds. The molecule has 1 aliphatic heterocycles. The zero-order valence-corrected chi connectivity index (χ0v) is 26.7. The van der Waals surface area contributed by atoms with Crippen molar-refractivity contribution in [2.24, 2.45) is 0 Å². The molecule has 1 aliphatic carbocycles. The number of fused-ring (bicyclic) bond motifs is 1. The summed E-state index contributed by atoms with van der Waals surface area (Å²) < 4.78 is 17.2. The van der Waals surface area contributed by atoms with Crippen LogP contribution in [0, 0.1) is 0 Å². The number of hydrogen-bond donors (Lipinski definition) is 0. The first-order valence-corrected chi connectivity index (χ1v) is 15.8. The number of carbonyl (C=O) groups excluding carboxylic acids is 1. The highest BCUT2D eigenvalue weighted by Gasteiger charge is 2.27. The maximum atomic E-state index is 12.5. The van der Waals surface area contributed by atoms with Crippen molar-refractivity contribution in [2.45, 2.75) is 45.8 Å². The summed E-state index contributed by atoms with van der Waals surface area (Å²) in [5, 5.41) is 0. The Hall–Kier alpha value is -4.71. The number of piperazine rings is 1. The van der Waals surface area contributed by atoms with Crippen LogP contribution in [0.25, 0.3) is 11.1 Å². The first kappa shape index (κ1) is 30.3. The van der Waals surface area contributed by atoms with Crippen LogP contribution >= 0.6 is 0 Å². The maximum absolute atomic E-state index is 12.5. The molecule has 0 atom stereocenters. The SMILES string of the molecule is COc1ccc(C2=C(c3ccc(N4CCN(C(=O)OC(C)(C)C)CC4)cc3)c3ccc(OCc4ccccc4)cc3CC2)cc1. The van der Waals surface area contributed by atoms with Crippen LogP contribution in [0.15, 0.2) is 97.1 Å². The normalized spacial score (nSPS) is 15.0. The lowest BCUT2D eigenvalue weighted by atomic mass is 9.79. The molecule has 4 aromatic rings. The topological polar surface area (TPSA) is 51.2 Å². The summed E-state index contributed by atoms with van der Waals surface area (Å²) in [6.45, 7) is 9.09. The monoisotopic (exact) mass is 602 g/mol. The summed E-state index contributed by atoms with van der Waals surface area (Å²) in [5.74, 6) is 1.75. The van der Waals surface area contributed by atoms with Crippen molar-refractivity contribution in [3.8, 4) is 11.5 Å². The maximum Gasteiger partial charge on any atom is 0.410 e. The minimum Gasteiger partial charge on any atom is -0.497 e. The Morgan fingerprint density at radius 1 is 0.756 bits per heavy atom. The average molecular weight is 603 g/mol. The zero-order valence-electron chi connectivity index (χ0n) is 26.7. The lowest BCUT2D eigenvalue weighted by Gasteiger charge is -2.36. The van der Waals surface area contributed by atoms with E-state index in [4.69, 9.17) is 14.2 Å². The number of ether oxygens (including phenoxy) is 3. The molecule has 0 radical (unpaired) electrons. The van der Waals surface area contributed by atoms with Crippen molar-refractivity contribution < 1.29 is 19.0 Å². The molecule has 45 heavy (non-hydrogen) atoms. The molecule has 0 aromatic heterocycles. The lowest BCUT2D eigenvalue weighted by Crippen LogP contribution is -2.50. The van der Waals surface area contributed by atoms with Gasteiger partial charge in [-0.3, -0.25) is 0 Å². The molecule has 2 aliphatic rings. The third-order valence-electron chi connectivity index (χ3n) is 8.43. The molecule has 0 spiro atoms. The Morgan fingerprint density at radius 2 is 1.42 bits per heavy atom. The minimum absolute atomic E-state index is 0.236. The van der Waals surface area contributed by atoms with Gasteiger partial charge in [-0.15, -0.1) is 0 Å². The van der Waals surface area contributed by atoms with Crippen LogP contribution in [0.5, 0.6) is 11.5 Å². The van der Waals surface area contributed by atoms with Crippen LogP contribution < -0.4 is 14.4 Å². The number of benzene rings is 4. The van der Waals surface area contributed by atoms with Gasteiger partial charge in [0.05, 0.1) is 7.11 Å². The quantitative estimate of drug-likeness (QED) is 0.213. The van der Waals surface area contributed by atoms with Gasteiger partial charge in [0, 0.05) is 31.9 Å². The van der Waals surface area contributed by atoms with E-state index in [1.54, 1.807) is 12.0 Å². The molecular weight excluding hydrogens is 560 g/mol. The Balaban J connectivity index is 1.26. The largest absolute Gasteiger partial charge is 0.497 e. The minimum atomic E-state index is -0.488. The first-order valence-electron chi connectivity index (χ1n) is 15.8. The fraction of sp³-hybridized carbons (Fsp3) is 0.308. The van der Waals surface area contributed by atoms with E-state index in [9.17, 15) is 4.79 Å². The summed E-state index contributed by atoms with van der Waals surface area (Å²) in [7, 11) is 1.70. The Kier molecular flexibility index (Phi) is 8.83. The van der Waals surface area contributed by atoms with Gasteiger partial charge in [-0.2, -0.15) is 0 Å². The zero-order chi connectivity index (χ0) is 31.4. The van der Waals surface area contributed by atoms with Gasteiger partial charge in [0.2, 0.25) is 0 Å². The van der Waals surface area contributed by atoms with E-state index >= 15 is 0 Å². The lowest BCUT2D eigenvalue weighted by molar-refractivity contribution is 0.0240. The van der Waals surface area contributed by atoms with Crippen molar-refractivity contribution >= 4 is 22.9 Å². The van der Waals surface area contributed by atoms with Gasteiger partial charge < -0.3 is 24.0 Å². The molecular formula is C39H42N2O4. The second-order valence-corrected chi connectivity index (χ2v) is 12.7. The number of anilines is 1. The smallest absolute Gasteiger partial charge is 0.410 e. The molecule has 0 bridgehead atoms. The number of methoxy groups -OCH3 is 1. The van der Waals surface area contributed by atoms with Crippen LogP contribution in [0.3, 0.4) is 0 Å². The van der Waals surface area contributed by atoms with Gasteiger partial charge in [0.1, 0.15) is 23.7 Å². The van der Waals surface area contributed by atoms with Crippen molar-refractivity contribution in [1.29, 1.82) is 0 Å². The average Bonchev–Trinajstić information content (AvgIpc) is 3.06. The predicted octanol–water partition coefficient (Wildman–Crippen LogP) is 8.24. The van der Waals surface area contributed by atoms with E-state index in [-0.39, 0.29) is 6.09 Å². The highest BCUT2D eigenvalue weighted by molar-refractivity contribution is 6.01. The molecule has 1 fully saturated rings. The molecule has 6 rings (SSSR count).